The SMILES string of the molecule is C[C@@H]1[C@H](C(=O)O)CCCN1C(=O)CNC(=O)NC1CCCCC1. The number of urea groups is 1. The van der Waals surface area contributed by atoms with E-state index >= 15 is 0 Å². The Morgan fingerprint density at radius 1 is 1.09 bits per heavy atom. The highest BCUT2D eigenvalue weighted by atomic mass is 16.4. The Bertz CT molecular complexity index is 449. The minimum Gasteiger partial charge on any atom is -0.481 e. The van der Waals surface area contributed by atoms with Crippen LogP contribution >= 0.6 is 0 Å². The number of hydrogen-bond acceptors (Lipinski definition) is 3. The zero-order valence-corrected chi connectivity index (χ0v) is 13.7. The van der Waals surface area contributed by atoms with Gasteiger partial charge in [-0.1, -0.05) is 19.3 Å². The van der Waals surface area contributed by atoms with Crippen LogP contribution < -0.4 is 10.6 Å². The molecule has 7 heteroatoms. The average Bonchev–Trinajstić information content (AvgIpc) is 2.53. The average molecular weight is 325 g/mol. The maximum absolute atomic E-state index is 12.3. The van der Waals surface area contributed by atoms with Crippen molar-refractivity contribution in [2.45, 2.75) is 64.0 Å². The lowest BCUT2D eigenvalue weighted by molar-refractivity contribution is -0.148. The van der Waals surface area contributed by atoms with Crippen molar-refractivity contribution in [3.05, 3.63) is 0 Å². The molecule has 2 rings (SSSR count). The van der Waals surface area contributed by atoms with Crippen LogP contribution in [0.4, 0.5) is 4.79 Å². The van der Waals surface area contributed by atoms with E-state index in [1.165, 1.54) is 6.42 Å². The number of carboxylic acids is 1. The van der Waals surface area contributed by atoms with Gasteiger partial charge in [0.2, 0.25) is 5.91 Å². The van der Waals surface area contributed by atoms with E-state index in [1.807, 2.05) is 0 Å². The summed E-state index contributed by atoms with van der Waals surface area (Å²) in [5.74, 6) is -1.61. The number of nitrogens with zero attached hydrogens (tertiary/aromatic N) is 1. The number of piperidine rings is 1. The summed E-state index contributed by atoms with van der Waals surface area (Å²) < 4.78 is 0. The van der Waals surface area contributed by atoms with Crippen LogP contribution in [0, 0.1) is 5.92 Å². The molecule has 1 aliphatic heterocycles. The van der Waals surface area contributed by atoms with Crippen molar-refractivity contribution in [2.75, 3.05) is 13.1 Å². The summed E-state index contributed by atoms with van der Waals surface area (Å²) in [6, 6.07) is -0.453. The molecular formula is C16H27N3O4. The molecule has 0 radical (unpaired) electrons. The van der Waals surface area contributed by atoms with Gasteiger partial charge in [0.1, 0.15) is 0 Å². The molecule has 2 atom stereocenters. The van der Waals surface area contributed by atoms with Crippen LogP contribution in [0.15, 0.2) is 0 Å². The quantitative estimate of drug-likeness (QED) is 0.726. The van der Waals surface area contributed by atoms with E-state index in [1.54, 1.807) is 11.8 Å². The van der Waals surface area contributed by atoms with Gasteiger partial charge >= 0.3 is 12.0 Å². The minimum absolute atomic E-state index is 0.0881. The van der Waals surface area contributed by atoms with Crippen LogP contribution in [0.3, 0.4) is 0 Å². The molecule has 2 fully saturated rings. The highest BCUT2D eigenvalue weighted by Crippen LogP contribution is 2.23. The number of carbonyl (C=O) groups is 3. The summed E-state index contributed by atoms with van der Waals surface area (Å²) in [6.45, 7) is 2.23. The first-order valence-electron chi connectivity index (χ1n) is 8.55. The summed E-state index contributed by atoms with van der Waals surface area (Å²) in [6.07, 6.45) is 6.74. The third kappa shape index (κ3) is 4.84. The topological polar surface area (TPSA) is 98.7 Å². The summed E-state index contributed by atoms with van der Waals surface area (Å²) >= 11 is 0. The largest absolute Gasteiger partial charge is 0.481 e. The smallest absolute Gasteiger partial charge is 0.315 e. The Labute approximate surface area is 136 Å². The molecule has 0 unspecified atom stereocenters. The Kier molecular flexibility index (Phi) is 6.24. The van der Waals surface area contributed by atoms with Gasteiger partial charge in [-0.15, -0.1) is 0 Å². The zero-order chi connectivity index (χ0) is 16.8. The van der Waals surface area contributed by atoms with E-state index in [4.69, 9.17) is 0 Å². The van der Waals surface area contributed by atoms with E-state index in [9.17, 15) is 19.5 Å². The molecule has 0 spiro atoms. The number of hydrogen-bond donors (Lipinski definition) is 3. The Morgan fingerprint density at radius 2 is 1.78 bits per heavy atom. The number of nitrogens with one attached hydrogen (secondary N) is 2. The molecule has 0 aromatic rings. The van der Waals surface area contributed by atoms with Crippen molar-refractivity contribution in [2.24, 2.45) is 5.92 Å². The summed E-state index contributed by atoms with van der Waals surface area (Å²) in [4.78, 5) is 36.9. The number of aliphatic carboxylic acids is 1. The van der Waals surface area contributed by atoms with Gasteiger partial charge in [-0.05, 0) is 32.6 Å². The third-order valence-electron chi connectivity index (χ3n) is 4.97. The molecular weight excluding hydrogens is 298 g/mol. The molecule has 7 nitrogen and oxygen atoms in total. The second-order valence-electron chi connectivity index (χ2n) is 6.58. The van der Waals surface area contributed by atoms with Gasteiger partial charge in [0.25, 0.3) is 0 Å². The van der Waals surface area contributed by atoms with E-state index in [-0.39, 0.29) is 30.6 Å². The molecule has 1 saturated carbocycles. The van der Waals surface area contributed by atoms with Gasteiger partial charge in [0.15, 0.2) is 0 Å². The van der Waals surface area contributed by atoms with Crippen molar-refractivity contribution in [3.63, 3.8) is 0 Å². The lowest BCUT2D eigenvalue weighted by atomic mass is 9.90. The monoisotopic (exact) mass is 325 g/mol. The molecule has 3 amide bonds. The van der Waals surface area contributed by atoms with Crippen molar-refractivity contribution < 1.29 is 19.5 Å². The highest BCUT2D eigenvalue weighted by Gasteiger charge is 2.35. The predicted octanol–water partition coefficient (Wildman–Crippen LogP) is 1.33. The lowest BCUT2D eigenvalue weighted by Gasteiger charge is -2.37. The molecule has 0 aromatic heterocycles. The minimum atomic E-state index is -0.863. The Morgan fingerprint density at radius 3 is 2.43 bits per heavy atom. The van der Waals surface area contributed by atoms with Crippen LogP contribution in [0.2, 0.25) is 0 Å². The second-order valence-corrected chi connectivity index (χ2v) is 6.58. The molecule has 3 N–H and O–H groups in total. The lowest BCUT2D eigenvalue weighted by Crippen LogP contribution is -2.53. The van der Waals surface area contributed by atoms with E-state index in [0.29, 0.717) is 19.4 Å². The van der Waals surface area contributed by atoms with Crippen LogP contribution in [0.5, 0.6) is 0 Å². The molecule has 0 bridgehead atoms. The third-order valence-corrected chi connectivity index (χ3v) is 4.97. The standard InChI is InChI=1S/C16H27N3O4/c1-11-13(15(21)22)8-5-9-19(11)14(20)10-17-16(23)18-12-6-3-2-4-7-12/h11-13H,2-10H2,1H3,(H,21,22)(H2,17,18,23)/t11-,13-/m1/s1. The molecule has 1 aliphatic carbocycles. The van der Waals surface area contributed by atoms with Gasteiger partial charge in [-0.2, -0.15) is 0 Å². The van der Waals surface area contributed by atoms with E-state index in [0.717, 1.165) is 25.7 Å². The van der Waals surface area contributed by atoms with Crippen LogP contribution in [0.1, 0.15) is 51.9 Å². The van der Waals surface area contributed by atoms with Gasteiger partial charge < -0.3 is 20.6 Å². The fraction of sp³-hybridized carbons (Fsp3) is 0.812. The highest BCUT2D eigenvalue weighted by molar-refractivity contribution is 5.85. The summed E-state index contributed by atoms with van der Waals surface area (Å²) in [7, 11) is 0. The van der Waals surface area contributed by atoms with Crippen molar-refractivity contribution in [1.82, 2.24) is 15.5 Å². The van der Waals surface area contributed by atoms with Gasteiger partial charge in [-0.25, -0.2) is 4.79 Å². The molecule has 0 aromatic carbocycles. The van der Waals surface area contributed by atoms with Crippen LogP contribution in [-0.2, 0) is 9.59 Å². The predicted molar refractivity (Wildman–Crippen MR) is 84.9 cm³/mol. The molecule has 130 valence electrons. The number of rotatable bonds is 4. The summed E-state index contributed by atoms with van der Waals surface area (Å²) in [5.41, 5.74) is 0. The van der Waals surface area contributed by atoms with Crippen molar-refractivity contribution in [1.29, 1.82) is 0 Å². The first-order valence-corrected chi connectivity index (χ1v) is 8.55. The molecule has 2 aliphatic rings. The maximum atomic E-state index is 12.3. The normalized spacial score (nSPS) is 25.7. The number of carbonyl (C=O) groups excluding carboxylic acids is 2. The van der Waals surface area contributed by atoms with Gasteiger partial charge in [0.05, 0.1) is 12.5 Å². The second kappa shape index (κ2) is 8.17. The molecule has 1 saturated heterocycles. The zero-order valence-electron chi connectivity index (χ0n) is 13.7. The van der Waals surface area contributed by atoms with E-state index < -0.39 is 11.9 Å². The number of likely N-dealkylation sites (tertiary alicyclic amines) is 1. The fourth-order valence-electron chi connectivity index (χ4n) is 3.57. The Balaban J connectivity index is 1.77. The van der Waals surface area contributed by atoms with E-state index in [2.05, 4.69) is 10.6 Å². The molecule has 23 heavy (non-hydrogen) atoms. The van der Waals surface area contributed by atoms with Gasteiger partial charge in [-0.3, -0.25) is 9.59 Å². The first-order chi connectivity index (χ1) is 11.0. The molecule has 1 heterocycles. The number of amides is 3. The van der Waals surface area contributed by atoms with Crippen molar-refractivity contribution >= 4 is 17.9 Å². The maximum Gasteiger partial charge on any atom is 0.315 e. The van der Waals surface area contributed by atoms with Crippen LogP contribution in [0.25, 0.3) is 0 Å². The fourth-order valence-corrected chi connectivity index (χ4v) is 3.57. The van der Waals surface area contributed by atoms with Crippen LogP contribution in [-0.4, -0.2) is 53.1 Å². The first kappa shape index (κ1) is 17.6. The van der Waals surface area contributed by atoms with Gasteiger partial charge in [0, 0.05) is 18.6 Å². The Hall–Kier alpha value is -1.79. The number of carboxylic acid groups (broad SMARTS) is 1. The summed E-state index contributed by atoms with van der Waals surface area (Å²) in [5, 5.41) is 14.7. The van der Waals surface area contributed by atoms with Crippen molar-refractivity contribution in [3.8, 4) is 0 Å².